The van der Waals surface area contributed by atoms with Crippen LogP contribution in [0.5, 0.6) is 5.75 Å². The van der Waals surface area contributed by atoms with E-state index in [1.165, 1.54) is 0 Å². The van der Waals surface area contributed by atoms with Crippen molar-refractivity contribution in [2.45, 2.75) is 39.7 Å². The van der Waals surface area contributed by atoms with E-state index in [2.05, 4.69) is 23.4 Å². The van der Waals surface area contributed by atoms with Gasteiger partial charge in [0.05, 0.1) is 5.69 Å². The summed E-state index contributed by atoms with van der Waals surface area (Å²) < 4.78 is 13.3. The fraction of sp³-hybridized carbons (Fsp3) is 0.480. The monoisotopic (exact) mass is 451 g/mol. The fourth-order valence-electron chi connectivity index (χ4n) is 4.16. The number of rotatable bonds is 9. The lowest BCUT2D eigenvalue weighted by atomic mass is 9.99. The summed E-state index contributed by atoms with van der Waals surface area (Å²) >= 11 is 0. The molecule has 0 spiro atoms. The van der Waals surface area contributed by atoms with Crippen LogP contribution in [0.3, 0.4) is 0 Å². The molecule has 1 unspecified atom stereocenters. The van der Waals surface area contributed by atoms with Crippen LogP contribution in [0.2, 0.25) is 0 Å². The number of aliphatic hydroxyl groups excluding tert-OH is 1. The topological polar surface area (TPSA) is 94.3 Å². The Morgan fingerprint density at radius 3 is 2.79 bits per heavy atom. The van der Waals surface area contributed by atoms with Crippen molar-refractivity contribution < 1.29 is 14.6 Å². The first-order valence-corrected chi connectivity index (χ1v) is 11.5. The maximum Gasteiger partial charge on any atom is 0.162 e. The quantitative estimate of drug-likeness (QED) is 0.517. The first-order valence-electron chi connectivity index (χ1n) is 11.5. The van der Waals surface area contributed by atoms with Crippen molar-refractivity contribution >= 4 is 0 Å². The van der Waals surface area contributed by atoms with E-state index in [-0.39, 0.29) is 6.61 Å². The number of hydrogen-bond donors (Lipinski definition) is 2. The third-order valence-electron chi connectivity index (χ3n) is 5.91. The van der Waals surface area contributed by atoms with Crippen LogP contribution in [0.15, 0.2) is 30.3 Å². The maximum absolute atomic E-state index is 9.96. The fourth-order valence-corrected chi connectivity index (χ4v) is 4.16. The molecule has 33 heavy (non-hydrogen) atoms. The lowest BCUT2D eigenvalue weighted by Gasteiger charge is -2.16. The molecule has 2 atom stereocenters. The highest BCUT2D eigenvalue weighted by Gasteiger charge is 2.22. The molecule has 8 heteroatoms. The van der Waals surface area contributed by atoms with Crippen LogP contribution >= 0.6 is 0 Å². The molecular formula is C25H33N5O3. The molecule has 1 fully saturated rings. The number of ether oxygens (including phenoxy) is 2. The van der Waals surface area contributed by atoms with Crippen LogP contribution in [0.4, 0.5) is 0 Å². The van der Waals surface area contributed by atoms with Gasteiger partial charge in [0.15, 0.2) is 11.6 Å². The Kier molecular flexibility index (Phi) is 7.37. The van der Waals surface area contributed by atoms with Crippen LogP contribution in [0, 0.1) is 26.7 Å². The molecule has 0 aliphatic carbocycles. The highest BCUT2D eigenvalue weighted by Crippen LogP contribution is 2.28. The molecule has 0 radical (unpaired) electrons. The Balaban J connectivity index is 1.70. The Morgan fingerprint density at radius 2 is 2.09 bits per heavy atom. The Morgan fingerprint density at radius 1 is 1.24 bits per heavy atom. The predicted octanol–water partition coefficient (Wildman–Crippen LogP) is 2.79. The van der Waals surface area contributed by atoms with Gasteiger partial charge in [-0.2, -0.15) is 5.10 Å². The molecule has 4 rings (SSSR count). The highest BCUT2D eigenvalue weighted by molar-refractivity contribution is 5.59. The number of aliphatic hydroxyl groups is 1. The third kappa shape index (κ3) is 5.58. The van der Waals surface area contributed by atoms with Crippen LogP contribution < -0.4 is 10.1 Å². The average molecular weight is 452 g/mol. The van der Waals surface area contributed by atoms with Gasteiger partial charge in [-0.05, 0) is 64.8 Å². The number of nitrogens with one attached hydrogen (secondary N) is 1. The molecule has 0 bridgehead atoms. The van der Waals surface area contributed by atoms with Crippen molar-refractivity contribution in [2.75, 3.05) is 33.4 Å². The van der Waals surface area contributed by atoms with Gasteiger partial charge in [-0.3, -0.25) is 0 Å². The molecule has 1 saturated heterocycles. The minimum atomic E-state index is -0.577. The molecule has 8 nitrogen and oxygen atoms in total. The lowest BCUT2D eigenvalue weighted by Crippen LogP contribution is -2.29. The van der Waals surface area contributed by atoms with Crippen molar-refractivity contribution in [3.8, 4) is 23.0 Å². The summed E-state index contributed by atoms with van der Waals surface area (Å²) in [5, 5.41) is 17.6. The summed E-state index contributed by atoms with van der Waals surface area (Å²) in [6.45, 7) is 8.36. The normalized spacial score (nSPS) is 16.8. The number of hydrogen-bond acceptors (Lipinski definition) is 7. The van der Waals surface area contributed by atoms with Gasteiger partial charge in [0, 0.05) is 42.3 Å². The molecule has 2 N–H and O–H groups in total. The van der Waals surface area contributed by atoms with Crippen molar-refractivity contribution in [1.29, 1.82) is 0 Å². The molecule has 0 saturated carbocycles. The summed E-state index contributed by atoms with van der Waals surface area (Å²) in [5.41, 5.74) is 4.91. The SMILES string of the molecule is CNCC(O)COc1cccc(-c2nc(C[C@@H]3CCOC3)c(C)c(-n3nc(C)cc3C)n2)c1. The Hall–Kier alpha value is -2.81. The first-order chi connectivity index (χ1) is 15.9. The third-order valence-corrected chi connectivity index (χ3v) is 5.91. The van der Waals surface area contributed by atoms with E-state index in [9.17, 15) is 5.11 Å². The molecule has 3 heterocycles. The van der Waals surface area contributed by atoms with Gasteiger partial charge in [0.2, 0.25) is 0 Å². The van der Waals surface area contributed by atoms with E-state index >= 15 is 0 Å². The predicted molar refractivity (Wildman–Crippen MR) is 127 cm³/mol. The molecule has 176 valence electrons. The van der Waals surface area contributed by atoms with E-state index < -0.39 is 6.10 Å². The molecule has 1 aromatic carbocycles. The molecule has 1 aliphatic heterocycles. The molecule has 3 aromatic rings. The van der Waals surface area contributed by atoms with Crippen molar-refractivity contribution in [3.63, 3.8) is 0 Å². The van der Waals surface area contributed by atoms with Gasteiger partial charge in [0.1, 0.15) is 18.5 Å². The smallest absolute Gasteiger partial charge is 0.162 e. The van der Waals surface area contributed by atoms with E-state index in [4.69, 9.17) is 19.4 Å². The summed E-state index contributed by atoms with van der Waals surface area (Å²) in [7, 11) is 1.80. The van der Waals surface area contributed by atoms with Gasteiger partial charge < -0.3 is 19.9 Å². The summed E-state index contributed by atoms with van der Waals surface area (Å²) in [4.78, 5) is 9.90. The van der Waals surface area contributed by atoms with Crippen LogP contribution in [-0.2, 0) is 11.2 Å². The van der Waals surface area contributed by atoms with Gasteiger partial charge in [-0.1, -0.05) is 12.1 Å². The van der Waals surface area contributed by atoms with Gasteiger partial charge in [-0.15, -0.1) is 0 Å². The summed E-state index contributed by atoms with van der Waals surface area (Å²) in [5.74, 6) is 2.57. The zero-order valence-corrected chi connectivity index (χ0v) is 19.8. The zero-order chi connectivity index (χ0) is 23.4. The largest absolute Gasteiger partial charge is 0.491 e. The summed E-state index contributed by atoms with van der Waals surface area (Å²) in [6, 6.07) is 9.75. The standard InChI is InChI=1S/C25H33N5O3/c1-16-10-17(2)30(29-16)25-18(3)23(11-19-8-9-32-14-19)27-24(28-25)20-6-5-7-22(12-20)33-15-21(31)13-26-4/h5-7,10,12,19,21,26,31H,8-9,11,13-15H2,1-4H3/t19-,21?/m0/s1. The van der Waals surface area contributed by atoms with Crippen molar-refractivity contribution in [3.05, 3.63) is 53.0 Å². The number of nitrogens with zero attached hydrogens (tertiary/aromatic N) is 4. The molecule has 0 amide bonds. The van der Waals surface area contributed by atoms with E-state index in [0.717, 1.165) is 60.1 Å². The maximum atomic E-state index is 9.96. The van der Waals surface area contributed by atoms with Crippen LogP contribution in [0.1, 0.15) is 29.1 Å². The zero-order valence-electron chi connectivity index (χ0n) is 19.8. The van der Waals surface area contributed by atoms with Crippen molar-refractivity contribution in [2.24, 2.45) is 5.92 Å². The second kappa shape index (κ2) is 10.4. The minimum Gasteiger partial charge on any atom is -0.491 e. The van der Waals surface area contributed by atoms with Gasteiger partial charge in [-0.25, -0.2) is 14.6 Å². The molecular weight excluding hydrogens is 418 g/mol. The van der Waals surface area contributed by atoms with E-state index in [1.54, 1.807) is 7.05 Å². The van der Waals surface area contributed by atoms with Crippen LogP contribution in [0.25, 0.3) is 17.2 Å². The highest BCUT2D eigenvalue weighted by atomic mass is 16.5. The minimum absolute atomic E-state index is 0.211. The van der Waals surface area contributed by atoms with Gasteiger partial charge in [0.25, 0.3) is 0 Å². The second-order valence-corrected chi connectivity index (χ2v) is 8.77. The lowest BCUT2D eigenvalue weighted by molar-refractivity contribution is 0.108. The average Bonchev–Trinajstić information content (AvgIpc) is 3.43. The summed E-state index contributed by atoms with van der Waals surface area (Å²) in [6.07, 6.45) is 1.32. The van der Waals surface area contributed by atoms with Crippen LogP contribution in [-0.4, -0.2) is 64.4 Å². The molecule has 1 aliphatic rings. The number of aromatic nitrogens is 4. The first kappa shape index (κ1) is 23.4. The van der Waals surface area contributed by atoms with Gasteiger partial charge >= 0.3 is 0 Å². The number of benzene rings is 1. The molecule has 2 aromatic heterocycles. The van der Waals surface area contributed by atoms with E-state index in [1.807, 2.05) is 42.8 Å². The van der Waals surface area contributed by atoms with Crippen molar-refractivity contribution in [1.82, 2.24) is 25.1 Å². The Labute approximate surface area is 195 Å². The Bertz CT molecular complexity index is 1090. The number of aryl methyl sites for hydroxylation is 2. The number of likely N-dealkylation sites (N-methyl/N-ethyl adjacent to an activating group) is 1. The van der Waals surface area contributed by atoms with E-state index in [0.29, 0.717) is 24.0 Å². The second-order valence-electron chi connectivity index (χ2n) is 8.77.